The average Bonchev–Trinajstić information content (AvgIpc) is 2.73. The van der Waals surface area contributed by atoms with Gasteiger partial charge in [0.05, 0.1) is 17.6 Å². The summed E-state index contributed by atoms with van der Waals surface area (Å²) < 4.78 is 38.4. The van der Waals surface area contributed by atoms with Crippen LogP contribution in [0.4, 0.5) is 10.1 Å². The van der Waals surface area contributed by atoms with Crippen LogP contribution < -0.4 is 4.72 Å². The summed E-state index contributed by atoms with van der Waals surface area (Å²) in [5.74, 6) is -0.604. The van der Waals surface area contributed by atoms with Crippen LogP contribution in [0, 0.1) is 5.82 Å². The Hall–Kier alpha value is -1.89. The van der Waals surface area contributed by atoms with Gasteiger partial charge in [0.25, 0.3) is 0 Å². The van der Waals surface area contributed by atoms with Crippen molar-refractivity contribution in [2.75, 3.05) is 4.72 Å². The first-order chi connectivity index (χ1) is 8.05. The molecule has 90 valence electrons. The van der Waals surface area contributed by atoms with Gasteiger partial charge in [-0.2, -0.15) is 5.10 Å². The van der Waals surface area contributed by atoms with Gasteiger partial charge < -0.3 is 0 Å². The minimum absolute atomic E-state index is 0.210. The van der Waals surface area contributed by atoms with Gasteiger partial charge in [-0.3, -0.25) is 9.82 Å². The summed E-state index contributed by atoms with van der Waals surface area (Å²) in [6.07, 6.45) is 2.80. The van der Waals surface area contributed by atoms with Gasteiger partial charge in [0.15, 0.2) is 0 Å². The van der Waals surface area contributed by atoms with E-state index in [0.29, 0.717) is 11.3 Å². The van der Waals surface area contributed by atoms with Gasteiger partial charge >= 0.3 is 0 Å². The number of sulfonamides is 1. The molecule has 0 aliphatic rings. The number of rotatable bonds is 4. The predicted octanol–water partition coefficient (Wildman–Crippen LogP) is 1.49. The third-order valence-electron chi connectivity index (χ3n) is 2.04. The lowest BCUT2D eigenvalue weighted by Crippen LogP contribution is -2.14. The van der Waals surface area contributed by atoms with Crippen molar-refractivity contribution in [3.05, 3.63) is 48.0 Å². The van der Waals surface area contributed by atoms with Crippen molar-refractivity contribution in [2.24, 2.45) is 0 Å². The highest BCUT2D eigenvalue weighted by Crippen LogP contribution is 2.11. The van der Waals surface area contributed by atoms with Crippen LogP contribution in [0.1, 0.15) is 5.56 Å². The van der Waals surface area contributed by atoms with E-state index in [-0.39, 0.29) is 5.75 Å². The van der Waals surface area contributed by atoms with Crippen molar-refractivity contribution in [1.82, 2.24) is 10.2 Å². The number of halogens is 1. The summed E-state index contributed by atoms with van der Waals surface area (Å²) in [6.45, 7) is 0. The number of benzene rings is 1. The zero-order valence-corrected chi connectivity index (χ0v) is 9.54. The van der Waals surface area contributed by atoms with Gasteiger partial charge in [-0.15, -0.1) is 0 Å². The molecule has 0 fully saturated rings. The molecule has 2 N–H and O–H groups in total. The Balaban J connectivity index is 2.09. The number of hydrogen-bond acceptors (Lipinski definition) is 3. The van der Waals surface area contributed by atoms with Crippen molar-refractivity contribution < 1.29 is 12.8 Å². The first-order valence-corrected chi connectivity index (χ1v) is 6.44. The van der Waals surface area contributed by atoms with E-state index >= 15 is 0 Å². The molecule has 2 rings (SSSR count). The minimum Gasteiger partial charge on any atom is -0.284 e. The molecule has 7 heteroatoms. The number of aromatic amines is 1. The molecule has 0 radical (unpaired) electrons. The van der Waals surface area contributed by atoms with Crippen LogP contribution in [0.15, 0.2) is 36.7 Å². The lowest BCUT2D eigenvalue weighted by molar-refractivity contribution is 0.600. The van der Waals surface area contributed by atoms with Crippen LogP contribution in [0.25, 0.3) is 0 Å². The van der Waals surface area contributed by atoms with Gasteiger partial charge in [-0.1, -0.05) is 12.1 Å². The molecule has 0 saturated carbocycles. The molecule has 5 nitrogen and oxygen atoms in total. The second-order valence-corrected chi connectivity index (χ2v) is 5.20. The highest BCUT2D eigenvalue weighted by atomic mass is 32.2. The molecule has 0 bridgehead atoms. The lowest BCUT2D eigenvalue weighted by Gasteiger charge is -2.05. The standard InChI is InChI=1S/C10H10FN3O2S/c11-9-3-1-8(2-4-9)7-17(15,16)14-10-5-12-13-6-10/h1-6,14H,7H2,(H,12,13). The summed E-state index contributed by atoms with van der Waals surface area (Å²) in [5.41, 5.74) is 0.884. The third kappa shape index (κ3) is 3.28. The molecule has 0 amide bonds. The Morgan fingerprint density at radius 3 is 2.59 bits per heavy atom. The highest BCUT2D eigenvalue weighted by Gasteiger charge is 2.12. The molecule has 2 aromatic rings. The molecule has 0 atom stereocenters. The van der Waals surface area contributed by atoms with Crippen LogP contribution in [-0.4, -0.2) is 18.6 Å². The molecule has 0 spiro atoms. The maximum atomic E-state index is 12.6. The molecule has 0 saturated heterocycles. The molecular weight excluding hydrogens is 245 g/mol. The Kier molecular flexibility index (Phi) is 3.10. The molecule has 0 aliphatic carbocycles. The summed E-state index contributed by atoms with van der Waals surface area (Å²) in [4.78, 5) is 0. The Labute approximate surface area is 97.7 Å². The van der Waals surface area contributed by atoms with Gasteiger partial charge in [-0.05, 0) is 17.7 Å². The number of aromatic nitrogens is 2. The molecule has 17 heavy (non-hydrogen) atoms. The lowest BCUT2D eigenvalue weighted by atomic mass is 10.2. The maximum Gasteiger partial charge on any atom is 0.237 e. The van der Waals surface area contributed by atoms with E-state index in [4.69, 9.17) is 0 Å². The van der Waals surface area contributed by atoms with E-state index in [1.165, 1.54) is 36.7 Å². The summed E-state index contributed by atoms with van der Waals surface area (Å²) in [6, 6.07) is 5.32. The first-order valence-electron chi connectivity index (χ1n) is 4.79. The van der Waals surface area contributed by atoms with Gasteiger partial charge in [-0.25, -0.2) is 12.8 Å². The second kappa shape index (κ2) is 4.54. The van der Waals surface area contributed by atoms with Crippen molar-refractivity contribution in [2.45, 2.75) is 5.75 Å². The van der Waals surface area contributed by atoms with Crippen molar-refractivity contribution in [1.29, 1.82) is 0 Å². The number of nitrogens with one attached hydrogen (secondary N) is 2. The summed E-state index contributed by atoms with van der Waals surface area (Å²) >= 11 is 0. The minimum atomic E-state index is -3.50. The zero-order chi connectivity index (χ0) is 12.3. The maximum absolute atomic E-state index is 12.6. The van der Waals surface area contributed by atoms with Crippen molar-refractivity contribution in [3.8, 4) is 0 Å². The number of H-pyrrole nitrogens is 1. The fourth-order valence-corrected chi connectivity index (χ4v) is 2.50. The zero-order valence-electron chi connectivity index (χ0n) is 8.72. The monoisotopic (exact) mass is 255 g/mol. The topological polar surface area (TPSA) is 74.8 Å². The van der Waals surface area contributed by atoms with Crippen LogP contribution in [0.5, 0.6) is 0 Å². The predicted molar refractivity (Wildman–Crippen MR) is 61.2 cm³/mol. The fraction of sp³-hybridized carbons (Fsp3) is 0.100. The fourth-order valence-electron chi connectivity index (χ4n) is 1.32. The molecular formula is C10H10FN3O2S. The van der Waals surface area contributed by atoms with E-state index < -0.39 is 15.8 Å². The van der Waals surface area contributed by atoms with Crippen molar-refractivity contribution in [3.63, 3.8) is 0 Å². The van der Waals surface area contributed by atoms with Gasteiger partial charge in [0, 0.05) is 6.20 Å². The van der Waals surface area contributed by atoms with Gasteiger partial charge in [0.2, 0.25) is 10.0 Å². The van der Waals surface area contributed by atoms with Crippen LogP contribution >= 0.6 is 0 Å². The Morgan fingerprint density at radius 1 is 1.29 bits per heavy atom. The summed E-state index contributed by atoms with van der Waals surface area (Å²) in [5, 5.41) is 6.12. The Bertz CT molecular complexity index is 579. The highest BCUT2D eigenvalue weighted by molar-refractivity contribution is 7.91. The molecule has 0 aliphatic heterocycles. The normalized spacial score (nSPS) is 11.4. The van der Waals surface area contributed by atoms with E-state index in [2.05, 4.69) is 14.9 Å². The molecule has 0 unspecified atom stereocenters. The quantitative estimate of drug-likeness (QED) is 0.869. The van der Waals surface area contributed by atoms with E-state index in [1.54, 1.807) is 0 Å². The van der Waals surface area contributed by atoms with Crippen molar-refractivity contribution >= 4 is 15.7 Å². The second-order valence-electron chi connectivity index (χ2n) is 3.47. The summed E-state index contributed by atoms with van der Waals surface area (Å²) in [7, 11) is -3.50. The number of nitrogens with zero attached hydrogens (tertiary/aromatic N) is 1. The van der Waals surface area contributed by atoms with E-state index in [1.807, 2.05) is 0 Å². The first kappa shape index (κ1) is 11.6. The van der Waals surface area contributed by atoms with E-state index in [0.717, 1.165) is 0 Å². The smallest absolute Gasteiger partial charge is 0.237 e. The average molecular weight is 255 g/mol. The van der Waals surface area contributed by atoms with Gasteiger partial charge in [0.1, 0.15) is 5.82 Å². The number of anilines is 1. The largest absolute Gasteiger partial charge is 0.284 e. The van der Waals surface area contributed by atoms with Crippen LogP contribution in [0.3, 0.4) is 0 Å². The number of hydrogen-bond donors (Lipinski definition) is 2. The van der Waals surface area contributed by atoms with Crippen LogP contribution in [0.2, 0.25) is 0 Å². The molecule has 1 aromatic carbocycles. The third-order valence-corrected chi connectivity index (χ3v) is 3.30. The molecule has 1 heterocycles. The SMILES string of the molecule is O=S(=O)(Cc1ccc(F)cc1)Nc1cn[nH]c1. The molecule has 1 aromatic heterocycles. The van der Waals surface area contributed by atoms with Crippen LogP contribution in [-0.2, 0) is 15.8 Å². The van der Waals surface area contributed by atoms with E-state index in [9.17, 15) is 12.8 Å². The Morgan fingerprint density at radius 2 is 2.00 bits per heavy atom.